The third-order valence-corrected chi connectivity index (χ3v) is 4.59. The Morgan fingerprint density at radius 2 is 1.94 bits per heavy atom. The van der Waals surface area contributed by atoms with Gasteiger partial charge in [0.25, 0.3) is 0 Å². The second-order valence-corrected chi connectivity index (χ2v) is 6.47. The van der Waals surface area contributed by atoms with Crippen molar-refractivity contribution in [1.29, 1.82) is 0 Å². The minimum Gasteiger partial charge on any atom is -0.312 e. The fourth-order valence-corrected chi connectivity index (χ4v) is 3.04. The van der Waals surface area contributed by atoms with Crippen LogP contribution in [0.5, 0.6) is 0 Å². The lowest BCUT2D eigenvalue weighted by Crippen LogP contribution is -2.33. The molecule has 0 heterocycles. The first-order chi connectivity index (χ1) is 8.59. The van der Waals surface area contributed by atoms with Crippen molar-refractivity contribution in [2.24, 2.45) is 5.41 Å². The molecule has 1 aromatic carbocycles. The highest BCUT2D eigenvalue weighted by molar-refractivity contribution is 6.31. The first-order valence-electron chi connectivity index (χ1n) is 7.05. The zero-order valence-corrected chi connectivity index (χ0v) is 12.3. The van der Waals surface area contributed by atoms with Crippen LogP contribution in [0, 0.1) is 12.3 Å². The Kier molecular flexibility index (Phi) is 4.69. The molecular formula is C16H24ClN. The van der Waals surface area contributed by atoms with Crippen LogP contribution < -0.4 is 5.32 Å². The molecule has 2 rings (SSSR count). The van der Waals surface area contributed by atoms with Crippen LogP contribution >= 0.6 is 11.6 Å². The topological polar surface area (TPSA) is 12.0 Å². The average molecular weight is 266 g/mol. The van der Waals surface area contributed by atoms with E-state index in [2.05, 4.69) is 30.4 Å². The van der Waals surface area contributed by atoms with E-state index in [0.717, 1.165) is 23.7 Å². The van der Waals surface area contributed by atoms with Gasteiger partial charge in [0.05, 0.1) is 0 Å². The molecule has 0 radical (unpaired) electrons. The Balaban J connectivity index is 1.82. The summed E-state index contributed by atoms with van der Waals surface area (Å²) in [5.74, 6) is 0. The third-order valence-electron chi connectivity index (χ3n) is 4.18. The number of hydrogen-bond donors (Lipinski definition) is 1. The molecular weight excluding hydrogens is 242 g/mol. The van der Waals surface area contributed by atoms with E-state index in [0.29, 0.717) is 5.41 Å². The fourth-order valence-electron chi connectivity index (χ4n) is 2.84. The van der Waals surface area contributed by atoms with Crippen LogP contribution in [0.3, 0.4) is 0 Å². The normalized spacial score (nSPS) is 18.8. The van der Waals surface area contributed by atoms with E-state index in [1.165, 1.54) is 37.7 Å². The summed E-state index contributed by atoms with van der Waals surface area (Å²) in [7, 11) is 0. The average Bonchev–Trinajstić information content (AvgIpc) is 2.34. The Labute approximate surface area is 116 Å². The zero-order chi connectivity index (χ0) is 13.0. The number of nitrogens with one attached hydrogen (secondary N) is 1. The molecule has 0 spiro atoms. The van der Waals surface area contributed by atoms with Gasteiger partial charge in [0.1, 0.15) is 0 Å². The lowest BCUT2D eigenvalue weighted by atomic mass is 9.76. The van der Waals surface area contributed by atoms with Crippen LogP contribution in [-0.4, -0.2) is 6.54 Å². The maximum Gasteiger partial charge on any atom is 0.0438 e. The van der Waals surface area contributed by atoms with E-state index in [-0.39, 0.29) is 0 Å². The molecule has 0 atom stereocenters. The zero-order valence-electron chi connectivity index (χ0n) is 11.6. The SMILES string of the molecule is Cc1ccc(CNCC2(C)CCCCC2)cc1Cl. The lowest BCUT2D eigenvalue weighted by molar-refractivity contribution is 0.207. The van der Waals surface area contributed by atoms with Crippen molar-refractivity contribution in [2.75, 3.05) is 6.54 Å². The second-order valence-electron chi connectivity index (χ2n) is 6.06. The summed E-state index contributed by atoms with van der Waals surface area (Å²) in [5, 5.41) is 4.47. The van der Waals surface area contributed by atoms with Gasteiger partial charge in [0.2, 0.25) is 0 Å². The maximum absolute atomic E-state index is 6.14. The molecule has 1 aliphatic rings. The molecule has 1 aliphatic carbocycles. The van der Waals surface area contributed by atoms with Gasteiger partial charge >= 0.3 is 0 Å². The second kappa shape index (κ2) is 6.08. The molecule has 1 N–H and O–H groups in total. The quantitative estimate of drug-likeness (QED) is 0.831. The highest BCUT2D eigenvalue weighted by Gasteiger charge is 2.25. The Bertz CT molecular complexity index is 394. The van der Waals surface area contributed by atoms with Gasteiger partial charge in [-0.15, -0.1) is 0 Å². The fraction of sp³-hybridized carbons (Fsp3) is 0.625. The molecule has 1 aromatic rings. The minimum atomic E-state index is 0.507. The van der Waals surface area contributed by atoms with E-state index in [9.17, 15) is 0 Å². The summed E-state index contributed by atoms with van der Waals surface area (Å²) < 4.78 is 0. The molecule has 1 nitrogen and oxygen atoms in total. The molecule has 1 saturated carbocycles. The Morgan fingerprint density at radius 3 is 2.61 bits per heavy atom. The van der Waals surface area contributed by atoms with Gasteiger partial charge in [0.15, 0.2) is 0 Å². The van der Waals surface area contributed by atoms with Gasteiger partial charge in [0, 0.05) is 18.1 Å². The largest absolute Gasteiger partial charge is 0.312 e. The summed E-state index contributed by atoms with van der Waals surface area (Å²) in [6.07, 6.45) is 6.95. The molecule has 0 saturated heterocycles. The first kappa shape index (κ1) is 13.9. The monoisotopic (exact) mass is 265 g/mol. The van der Waals surface area contributed by atoms with Crippen LogP contribution in [0.1, 0.15) is 50.2 Å². The van der Waals surface area contributed by atoms with Gasteiger partial charge in [-0.2, -0.15) is 0 Å². The van der Waals surface area contributed by atoms with Crippen molar-refractivity contribution >= 4 is 11.6 Å². The van der Waals surface area contributed by atoms with Crippen molar-refractivity contribution in [3.63, 3.8) is 0 Å². The van der Waals surface area contributed by atoms with Gasteiger partial charge in [-0.3, -0.25) is 0 Å². The third kappa shape index (κ3) is 3.73. The van der Waals surface area contributed by atoms with E-state index < -0.39 is 0 Å². The van der Waals surface area contributed by atoms with Gasteiger partial charge in [-0.1, -0.05) is 49.9 Å². The highest BCUT2D eigenvalue weighted by atomic mass is 35.5. The molecule has 0 bridgehead atoms. The van der Waals surface area contributed by atoms with E-state index >= 15 is 0 Å². The molecule has 0 aromatic heterocycles. The highest BCUT2D eigenvalue weighted by Crippen LogP contribution is 2.34. The minimum absolute atomic E-state index is 0.507. The molecule has 100 valence electrons. The Morgan fingerprint density at radius 1 is 1.22 bits per heavy atom. The predicted octanol–water partition coefficient (Wildman–Crippen LogP) is 4.71. The van der Waals surface area contributed by atoms with E-state index in [4.69, 9.17) is 11.6 Å². The number of aryl methyl sites for hydroxylation is 1. The smallest absolute Gasteiger partial charge is 0.0438 e. The first-order valence-corrected chi connectivity index (χ1v) is 7.43. The van der Waals surface area contributed by atoms with Crippen molar-refractivity contribution in [2.45, 2.75) is 52.5 Å². The molecule has 0 amide bonds. The number of hydrogen-bond acceptors (Lipinski definition) is 1. The maximum atomic E-state index is 6.14. The lowest BCUT2D eigenvalue weighted by Gasteiger charge is -2.33. The van der Waals surface area contributed by atoms with Gasteiger partial charge in [-0.05, 0) is 42.4 Å². The number of halogens is 1. The van der Waals surface area contributed by atoms with Crippen LogP contribution in [0.15, 0.2) is 18.2 Å². The standard InChI is InChI=1S/C16H24ClN/c1-13-6-7-14(10-15(13)17)11-18-12-16(2)8-4-3-5-9-16/h6-7,10,18H,3-5,8-9,11-12H2,1-2H3. The van der Waals surface area contributed by atoms with Crippen molar-refractivity contribution in [3.8, 4) is 0 Å². The van der Waals surface area contributed by atoms with Gasteiger partial charge in [-0.25, -0.2) is 0 Å². The van der Waals surface area contributed by atoms with Crippen molar-refractivity contribution in [1.82, 2.24) is 5.32 Å². The van der Waals surface area contributed by atoms with Crippen LogP contribution in [0.4, 0.5) is 0 Å². The number of benzene rings is 1. The van der Waals surface area contributed by atoms with E-state index in [1.54, 1.807) is 0 Å². The molecule has 2 heteroatoms. The van der Waals surface area contributed by atoms with Crippen molar-refractivity contribution < 1.29 is 0 Å². The predicted molar refractivity (Wildman–Crippen MR) is 79.1 cm³/mol. The molecule has 0 aliphatic heterocycles. The van der Waals surface area contributed by atoms with Gasteiger partial charge < -0.3 is 5.32 Å². The van der Waals surface area contributed by atoms with Crippen LogP contribution in [-0.2, 0) is 6.54 Å². The van der Waals surface area contributed by atoms with Crippen molar-refractivity contribution in [3.05, 3.63) is 34.3 Å². The van der Waals surface area contributed by atoms with Crippen LogP contribution in [0.2, 0.25) is 5.02 Å². The molecule has 0 unspecified atom stereocenters. The Hall–Kier alpha value is -0.530. The summed E-state index contributed by atoms with van der Waals surface area (Å²) >= 11 is 6.14. The summed E-state index contributed by atoms with van der Waals surface area (Å²) in [5.41, 5.74) is 2.94. The number of rotatable bonds is 4. The molecule has 18 heavy (non-hydrogen) atoms. The summed E-state index contributed by atoms with van der Waals surface area (Å²) in [6, 6.07) is 6.34. The molecule has 1 fully saturated rings. The summed E-state index contributed by atoms with van der Waals surface area (Å²) in [6.45, 7) is 6.51. The summed E-state index contributed by atoms with van der Waals surface area (Å²) in [4.78, 5) is 0. The van der Waals surface area contributed by atoms with Crippen LogP contribution in [0.25, 0.3) is 0 Å². The van der Waals surface area contributed by atoms with E-state index in [1.807, 2.05) is 6.92 Å².